The zero-order chi connectivity index (χ0) is 13.9. The van der Waals surface area contributed by atoms with Crippen molar-refractivity contribution in [3.8, 4) is 0 Å². The summed E-state index contributed by atoms with van der Waals surface area (Å²) in [4.78, 5) is 6.86. The molecule has 1 aromatic rings. The largest absolute Gasteiger partial charge is 0.393 e. The lowest BCUT2D eigenvalue weighted by atomic mass is 9.80. The molecule has 1 saturated carbocycles. The van der Waals surface area contributed by atoms with Crippen LogP contribution in [0.15, 0.2) is 12.5 Å². The van der Waals surface area contributed by atoms with Gasteiger partial charge in [-0.1, -0.05) is 12.8 Å². The van der Waals surface area contributed by atoms with Crippen LogP contribution in [0.3, 0.4) is 0 Å². The number of imidazole rings is 1. The average molecular weight is 277 g/mol. The van der Waals surface area contributed by atoms with Gasteiger partial charge in [0.05, 0.1) is 18.1 Å². The zero-order valence-electron chi connectivity index (χ0n) is 12.5. The fraction of sp³-hybridized carbons (Fsp3) is 0.812. The number of aromatic nitrogens is 2. The number of rotatable bonds is 4. The summed E-state index contributed by atoms with van der Waals surface area (Å²) >= 11 is 0. The van der Waals surface area contributed by atoms with Crippen molar-refractivity contribution in [2.24, 2.45) is 5.92 Å². The molecule has 0 radical (unpaired) electrons. The van der Waals surface area contributed by atoms with Gasteiger partial charge in [0, 0.05) is 31.2 Å². The van der Waals surface area contributed by atoms with Crippen molar-refractivity contribution in [1.82, 2.24) is 14.5 Å². The van der Waals surface area contributed by atoms with Gasteiger partial charge in [0.15, 0.2) is 0 Å². The van der Waals surface area contributed by atoms with Crippen LogP contribution in [0.2, 0.25) is 0 Å². The van der Waals surface area contributed by atoms with E-state index >= 15 is 0 Å². The van der Waals surface area contributed by atoms with Crippen LogP contribution in [0.5, 0.6) is 0 Å². The van der Waals surface area contributed by atoms with Crippen LogP contribution in [0.4, 0.5) is 0 Å². The van der Waals surface area contributed by atoms with Gasteiger partial charge in [-0.05, 0) is 39.2 Å². The summed E-state index contributed by atoms with van der Waals surface area (Å²) in [6, 6.07) is 0.575. The Morgan fingerprint density at radius 3 is 2.90 bits per heavy atom. The first-order chi connectivity index (χ1) is 9.79. The molecule has 3 atom stereocenters. The lowest BCUT2D eigenvalue weighted by molar-refractivity contribution is 0.0196. The molecule has 1 aromatic heterocycles. The van der Waals surface area contributed by atoms with Crippen molar-refractivity contribution in [1.29, 1.82) is 0 Å². The summed E-state index contributed by atoms with van der Waals surface area (Å²) in [5.74, 6) is 0.490. The standard InChI is InChI=1S/C16H27N3O/c1-2-18-12-17-10-13(18)11-19-9-5-7-15(19)14-6-3-4-8-16(14)20/h10,12,14-16,20H,2-9,11H2,1H3. The van der Waals surface area contributed by atoms with Crippen LogP contribution in [0, 0.1) is 5.92 Å². The quantitative estimate of drug-likeness (QED) is 0.919. The molecule has 20 heavy (non-hydrogen) atoms. The van der Waals surface area contributed by atoms with Crippen molar-refractivity contribution >= 4 is 0 Å². The first-order valence-electron chi connectivity index (χ1n) is 8.20. The van der Waals surface area contributed by atoms with Gasteiger partial charge in [-0.2, -0.15) is 0 Å². The predicted molar refractivity (Wildman–Crippen MR) is 79.3 cm³/mol. The van der Waals surface area contributed by atoms with Crippen LogP contribution in [-0.2, 0) is 13.1 Å². The third kappa shape index (κ3) is 2.77. The number of nitrogens with zero attached hydrogens (tertiary/aromatic N) is 3. The molecule has 3 unspecified atom stereocenters. The molecule has 2 heterocycles. The molecule has 4 heteroatoms. The minimum Gasteiger partial charge on any atom is -0.393 e. The lowest BCUT2D eigenvalue weighted by Gasteiger charge is -2.37. The Morgan fingerprint density at radius 1 is 1.25 bits per heavy atom. The van der Waals surface area contributed by atoms with Gasteiger partial charge in [-0.3, -0.25) is 4.90 Å². The van der Waals surface area contributed by atoms with Gasteiger partial charge < -0.3 is 9.67 Å². The third-order valence-corrected chi connectivity index (χ3v) is 5.19. The van der Waals surface area contributed by atoms with Gasteiger partial charge in [0.2, 0.25) is 0 Å². The number of aliphatic hydroxyl groups excluding tert-OH is 1. The van der Waals surface area contributed by atoms with E-state index in [1.807, 2.05) is 12.5 Å². The molecule has 1 aliphatic heterocycles. The normalized spacial score (nSPS) is 31.8. The van der Waals surface area contributed by atoms with Crippen molar-refractivity contribution in [3.63, 3.8) is 0 Å². The van der Waals surface area contributed by atoms with Crippen molar-refractivity contribution in [2.45, 2.75) is 70.7 Å². The van der Waals surface area contributed by atoms with Crippen LogP contribution in [0.25, 0.3) is 0 Å². The molecule has 2 aliphatic rings. The predicted octanol–water partition coefficient (Wildman–Crippen LogP) is 2.42. The molecule has 2 fully saturated rings. The molecule has 3 rings (SSSR count). The minimum absolute atomic E-state index is 0.0783. The first-order valence-corrected chi connectivity index (χ1v) is 8.20. The summed E-state index contributed by atoms with van der Waals surface area (Å²) in [6.07, 6.45) is 11.1. The maximum Gasteiger partial charge on any atom is 0.0948 e. The summed E-state index contributed by atoms with van der Waals surface area (Å²) in [6.45, 7) is 5.31. The average Bonchev–Trinajstić information content (AvgIpc) is 3.09. The monoisotopic (exact) mass is 277 g/mol. The second-order valence-corrected chi connectivity index (χ2v) is 6.37. The van der Waals surface area contributed by atoms with Crippen LogP contribution < -0.4 is 0 Å². The third-order valence-electron chi connectivity index (χ3n) is 5.19. The lowest BCUT2D eigenvalue weighted by Crippen LogP contribution is -2.42. The van der Waals surface area contributed by atoms with E-state index in [4.69, 9.17) is 0 Å². The molecule has 1 saturated heterocycles. The second kappa shape index (κ2) is 6.27. The fourth-order valence-corrected chi connectivity index (χ4v) is 4.09. The van der Waals surface area contributed by atoms with Crippen LogP contribution in [0.1, 0.15) is 51.1 Å². The van der Waals surface area contributed by atoms with Gasteiger partial charge in [0.25, 0.3) is 0 Å². The number of hydrogen-bond acceptors (Lipinski definition) is 3. The molecule has 0 spiro atoms. The highest BCUT2D eigenvalue weighted by Crippen LogP contribution is 2.35. The Labute approximate surface area is 121 Å². The maximum atomic E-state index is 10.3. The topological polar surface area (TPSA) is 41.3 Å². The Morgan fingerprint density at radius 2 is 2.10 bits per heavy atom. The van der Waals surface area contributed by atoms with E-state index in [9.17, 15) is 5.11 Å². The fourth-order valence-electron chi connectivity index (χ4n) is 4.09. The summed E-state index contributed by atoms with van der Waals surface area (Å²) in [5.41, 5.74) is 1.31. The summed E-state index contributed by atoms with van der Waals surface area (Å²) < 4.78 is 2.23. The van der Waals surface area contributed by atoms with E-state index < -0.39 is 0 Å². The van der Waals surface area contributed by atoms with E-state index in [2.05, 4.69) is 21.4 Å². The van der Waals surface area contributed by atoms with Crippen LogP contribution >= 0.6 is 0 Å². The number of aryl methyl sites for hydroxylation is 1. The minimum atomic E-state index is -0.0783. The number of likely N-dealkylation sites (tertiary alicyclic amines) is 1. The molecule has 4 nitrogen and oxygen atoms in total. The molecule has 112 valence electrons. The van der Waals surface area contributed by atoms with Crippen molar-refractivity contribution in [2.75, 3.05) is 6.54 Å². The highest BCUT2D eigenvalue weighted by atomic mass is 16.3. The van der Waals surface area contributed by atoms with E-state index in [1.165, 1.54) is 44.3 Å². The Hall–Kier alpha value is -0.870. The first kappa shape index (κ1) is 14.1. The number of hydrogen-bond donors (Lipinski definition) is 1. The molecular weight excluding hydrogens is 250 g/mol. The Balaban J connectivity index is 1.69. The van der Waals surface area contributed by atoms with Crippen molar-refractivity contribution in [3.05, 3.63) is 18.2 Å². The molecular formula is C16H27N3O. The summed E-state index contributed by atoms with van der Waals surface area (Å²) in [7, 11) is 0. The number of aliphatic hydroxyl groups is 1. The molecule has 1 aliphatic carbocycles. The van der Waals surface area contributed by atoms with Gasteiger partial charge in [0.1, 0.15) is 0 Å². The second-order valence-electron chi connectivity index (χ2n) is 6.37. The molecule has 0 amide bonds. The van der Waals surface area contributed by atoms with Gasteiger partial charge in [-0.15, -0.1) is 0 Å². The van der Waals surface area contributed by atoms with Gasteiger partial charge in [-0.25, -0.2) is 4.98 Å². The van der Waals surface area contributed by atoms with E-state index in [0.717, 1.165) is 19.5 Å². The van der Waals surface area contributed by atoms with Crippen molar-refractivity contribution < 1.29 is 5.11 Å². The van der Waals surface area contributed by atoms with Gasteiger partial charge >= 0.3 is 0 Å². The highest BCUT2D eigenvalue weighted by molar-refractivity contribution is 5.01. The zero-order valence-corrected chi connectivity index (χ0v) is 12.5. The maximum absolute atomic E-state index is 10.3. The van der Waals surface area contributed by atoms with E-state index in [1.54, 1.807) is 0 Å². The molecule has 0 aromatic carbocycles. The SMILES string of the molecule is CCn1cncc1CN1CCCC1C1CCCCC1O. The van der Waals surface area contributed by atoms with E-state index in [-0.39, 0.29) is 6.10 Å². The smallest absolute Gasteiger partial charge is 0.0948 e. The van der Waals surface area contributed by atoms with Crippen LogP contribution in [-0.4, -0.2) is 38.2 Å². The van der Waals surface area contributed by atoms with E-state index in [0.29, 0.717) is 12.0 Å². The highest BCUT2D eigenvalue weighted by Gasteiger charge is 2.36. The Bertz CT molecular complexity index is 431. The molecule has 0 bridgehead atoms. The Kier molecular flexibility index (Phi) is 4.41. The summed E-state index contributed by atoms with van der Waals surface area (Å²) in [5, 5.41) is 10.3. The molecule has 1 N–H and O–H groups in total.